The molecule has 0 spiro atoms. The molecule has 0 bridgehead atoms. The van der Waals surface area contributed by atoms with Gasteiger partial charge in [0, 0.05) is 10.6 Å². The molecule has 3 nitrogen and oxygen atoms in total. The molecule has 92 valence electrons. The number of carboxylic acids is 1. The van der Waals surface area contributed by atoms with Crippen molar-refractivity contribution in [3.63, 3.8) is 0 Å². The third kappa shape index (κ3) is 2.28. The van der Waals surface area contributed by atoms with E-state index >= 15 is 0 Å². The van der Waals surface area contributed by atoms with Gasteiger partial charge >= 0.3 is 5.97 Å². The van der Waals surface area contributed by atoms with Gasteiger partial charge in [-0.2, -0.15) is 0 Å². The minimum atomic E-state index is -1.26. The first-order valence-electron chi connectivity index (χ1n) is 5.01. The van der Waals surface area contributed by atoms with Crippen LogP contribution in [0.3, 0.4) is 0 Å². The second-order valence-corrected chi connectivity index (χ2v) is 4.07. The number of aromatic carboxylic acids is 1. The van der Waals surface area contributed by atoms with Crippen LogP contribution >= 0.6 is 11.6 Å². The van der Waals surface area contributed by atoms with E-state index < -0.39 is 11.8 Å². The van der Waals surface area contributed by atoms with E-state index in [1.807, 2.05) is 0 Å². The number of rotatable bonds is 2. The second-order valence-electron chi connectivity index (χ2n) is 3.66. The van der Waals surface area contributed by atoms with E-state index in [9.17, 15) is 14.3 Å². The maximum atomic E-state index is 13.1. The predicted octanol–water partition coefficient (Wildman–Crippen LogP) is 3.55. The molecule has 0 saturated carbocycles. The molecule has 0 fully saturated rings. The van der Waals surface area contributed by atoms with E-state index in [0.717, 1.165) is 0 Å². The van der Waals surface area contributed by atoms with Crippen LogP contribution in [0.2, 0.25) is 5.02 Å². The van der Waals surface area contributed by atoms with E-state index in [1.165, 1.54) is 36.4 Å². The number of benzene rings is 2. The molecule has 2 N–H and O–H groups in total. The van der Waals surface area contributed by atoms with Crippen molar-refractivity contribution >= 4 is 17.6 Å². The van der Waals surface area contributed by atoms with Gasteiger partial charge < -0.3 is 10.2 Å². The van der Waals surface area contributed by atoms with Crippen LogP contribution in [0.1, 0.15) is 10.4 Å². The Kier molecular flexibility index (Phi) is 3.21. The standard InChI is InChI=1S/C13H8ClFO3/c14-11-3-2-8(15)6-9(11)7-1-4-12(16)10(5-7)13(17)18/h1-6,16H,(H,17,18). The van der Waals surface area contributed by atoms with Gasteiger partial charge in [0.05, 0.1) is 0 Å². The molecular formula is C13H8ClFO3. The van der Waals surface area contributed by atoms with Crippen LogP contribution in [0, 0.1) is 5.82 Å². The van der Waals surface area contributed by atoms with Gasteiger partial charge in [-0.05, 0) is 35.9 Å². The molecule has 18 heavy (non-hydrogen) atoms. The molecule has 0 saturated heterocycles. The van der Waals surface area contributed by atoms with Crippen molar-refractivity contribution in [3.8, 4) is 16.9 Å². The molecule has 0 aliphatic carbocycles. The van der Waals surface area contributed by atoms with Gasteiger partial charge in [-0.25, -0.2) is 9.18 Å². The summed E-state index contributed by atoms with van der Waals surface area (Å²) in [5, 5.41) is 18.6. The smallest absolute Gasteiger partial charge is 0.339 e. The van der Waals surface area contributed by atoms with Crippen molar-refractivity contribution in [1.29, 1.82) is 0 Å². The summed E-state index contributed by atoms with van der Waals surface area (Å²) in [6, 6.07) is 7.77. The van der Waals surface area contributed by atoms with Crippen molar-refractivity contribution < 1.29 is 19.4 Å². The summed E-state index contributed by atoms with van der Waals surface area (Å²) in [4.78, 5) is 10.9. The Labute approximate surface area is 107 Å². The first-order valence-corrected chi connectivity index (χ1v) is 5.38. The molecule has 0 aliphatic heterocycles. The zero-order chi connectivity index (χ0) is 13.3. The van der Waals surface area contributed by atoms with E-state index in [1.54, 1.807) is 0 Å². The third-order valence-electron chi connectivity index (χ3n) is 2.47. The first kappa shape index (κ1) is 12.4. The Morgan fingerprint density at radius 2 is 1.89 bits per heavy atom. The number of aromatic hydroxyl groups is 1. The highest BCUT2D eigenvalue weighted by Gasteiger charge is 2.12. The highest BCUT2D eigenvalue weighted by molar-refractivity contribution is 6.33. The normalized spacial score (nSPS) is 10.3. The number of hydrogen-bond acceptors (Lipinski definition) is 2. The maximum Gasteiger partial charge on any atom is 0.339 e. The van der Waals surface area contributed by atoms with Gasteiger partial charge in [-0.3, -0.25) is 0 Å². The molecule has 0 aliphatic rings. The Bertz CT molecular complexity index is 626. The van der Waals surface area contributed by atoms with Crippen molar-refractivity contribution in [1.82, 2.24) is 0 Å². The summed E-state index contributed by atoms with van der Waals surface area (Å²) >= 11 is 5.93. The zero-order valence-electron chi connectivity index (χ0n) is 9.02. The first-order chi connectivity index (χ1) is 8.49. The van der Waals surface area contributed by atoms with E-state index in [-0.39, 0.29) is 11.3 Å². The van der Waals surface area contributed by atoms with E-state index in [0.29, 0.717) is 16.1 Å². The highest BCUT2D eigenvalue weighted by Crippen LogP contribution is 2.31. The lowest BCUT2D eigenvalue weighted by atomic mass is 10.0. The summed E-state index contributed by atoms with van der Waals surface area (Å²) in [6.07, 6.45) is 0. The summed E-state index contributed by atoms with van der Waals surface area (Å²) < 4.78 is 13.1. The Morgan fingerprint density at radius 1 is 1.17 bits per heavy atom. The highest BCUT2D eigenvalue weighted by atomic mass is 35.5. The number of halogens is 2. The minimum Gasteiger partial charge on any atom is -0.507 e. The van der Waals surface area contributed by atoms with Gasteiger partial charge in [0.15, 0.2) is 0 Å². The summed E-state index contributed by atoms with van der Waals surface area (Å²) in [6.45, 7) is 0. The molecule has 2 aromatic carbocycles. The number of carbonyl (C=O) groups is 1. The van der Waals surface area contributed by atoms with Crippen LogP contribution in [0.5, 0.6) is 5.75 Å². The Hall–Kier alpha value is -2.07. The largest absolute Gasteiger partial charge is 0.507 e. The molecule has 5 heteroatoms. The average Bonchev–Trinajstić information content (AvgIpc) is 2.33. The topological polar surface area (TPSA) is 57.5 Å². The Morgan fingerprint density at radius 3 is 2.56 bits per heavy atom. The van der Waals surface area contributed by atoms with Crippen molar-refractivity contribution in [3.05, 3.63) is 52.8 Å². The summed E-state index contributed by atoms with van der Waals surface area (Å²) in [5.41, 5.74) is 0.543. The SMILES string of the molecule is O=C(O)c1cc(-c2cc(F)ccc2Cl)ccc1O. The predicted molar refractivity (Wildman–Crippen MR) is 65.5 cm³/mol. The molecule has 0 heterocycles. The summed E-state index contributed by atoms with van der Waals surface area (Å²) in [5.74, 6) is -2.08. The molecule has 0 amide bonds. The molecule has 0 unspecified atom stereocenters. The van der Waals surface area contributed by atoms with Gasteiger partial charge in [-0.15, -0.1) is 0 Å². The van der Waals surface area contributed by atoms with Crippen LogP contribution in [-0.4, -0.2) is 16.2 Å². The van der Waals surface area contributed by atoms with Gasteiger partial charge in [-0.1, -0.05) is 17.7 Å². The minimum absolute atomic E-state index is 0.257. The van der Waals surface area contributed by atoms with Crippen LogP contribution in [0.4, 0.5) is 4.39 Å². The van der Waals surface area contributed by atoms with Gasteiger partial charge in [0.25, 0.3) is 0 Å². The maximum absolute atomic E-state index is 13.1. The second kappa shape index (κ2) is 4.66. The number of hydrogen-bond donors (Lipinski definition) is 2. The quantitative estimate of drug-likeness (QED) is 0.874. The molecule has 0 atom stereocenters. The summed E-state index contributed by atoms with van der Waals surface area (Å²) in [7, 11) is 0. The fourth-order valence-electron chi connectivity index (χ4n) is 1.59. The third-order valence-corrected chi connectivity index (χ3v) is 2.80. The van der Waals surface area contributed by atoms with Crippen LogP contribution in [-0.2, 0) is 0 Å². The lowest BCUT2D eigenvalue weighted by molar-refractivity contribution is 0.0694. The fourth-order valence-corrected chi connectivity index (χ4v) is 1.82. The number of carboxylic acid groups (broad SMARTS) is 1. The Balaban J connectivity index is 2.61. The number of phenols is 1. The monoisotopic (exact) mass is 266 g/mol. The van der Waals surface area contributed by atoms with E-state index in [2.05, 4.69) is 0 Å². The average molecular weight is 267 g/mol. The van der Waals surface area contributed by atoms with Crippen molar-refractivity contribution in [2.24, 2.45) is 0 Å². The molecule has 2 rings (SSSR count). The van der Waals surface area contributed by atoms with E-state index in [4.69, 9.17) is 16.7 Å². The van der Waals surface area contributed by atoms with Crippen molar-refractivity contribution in [2.45, 2.75) is 0 Å². The fraction of sp³-hybridized carbons (Fsp3) is 0. The molecule has 2 aromatic rings. The molecular weight excluding hydrogens is 259 g/mol. The lowest BCUT2D eigenvalue weighted by Gasteiger charge is -2.07. The lowest BCUT2D eigenvalue weighted by Crippen LogP contribution is -1.97. The molecule has 0 radical (unpaired) electrons. The van der Waals surface area contributed by atoms with Crippen LogP contribution < -0.4 is 0 Å². The van der Waals surface area contributed by atoms with Gasteiger partial charge in [0.2, 0.25) is 0 Å². The van der Waals surface area contributed by atoms with Gasteiger partial charge in [0.1, 0.15) is 17.1 Å². The molecule has 0 aromatic heterocycles. The van der Waals surface area contributed by atoms with Crippen LogP contribution in [0.15, 0.2) is 36.4 Å². The van der Waals surface area contributed by atoms with Crippen LogP contribution in [0.25, 0.3) is 11.1 Å². The zero-order valence-corrected chi connectivity index (χ0v) is 9.78. The van der Waals surface area contributed by atoms with Crippen molar-refractivity contribution in [2.75, 3.05) is 0 Å².